The van der Waals surface area contributed by atoms with Gasteiger partial charge in [-0.1, -0.05) is 11.8 Å². The molecule has 1 N–H and O–H groups in total. The summed E-state index contributed by atoms with van der Waals surface area (Å²) >= 11 is 7.05. The number of halogens is 1. The molecule has 0 bridgehead atoms. The van der Waals surface area contributed by atoms with Crippen LogP contribution in [0.3, 0.4) is 0 Å². The van der Waals surface area contributed by atoms with Gasteiger partial charge in [-0.2, -0.15) is 0 Å². The van der Waals surface area contributed by atoms with Crippen molar-refractivity contribution in [3.8, 4) is 0 Å². The zero-order valence-corrected chi connectivity index (χ0v) is 8.11. The maximum Gasteiger partial charge on any atom is 0.181 e. The van der Waals surface area contributed by atoms with Gasteiger partial charge in [0.2, 0.25) is 0 Å². The number of hydrogen-bond acceptors (Lipinski definition) is 4. The maximum atomic E-state index is 9.55. The smallest absolute Gasteiger partial charge is 0.181 e. The van der Waals surface area contributed by atoms with Gasteiger partial charge in [-0.3, -0.25) is 0 Å². The molecule has 1 unspecified atom stereocenters. The molecule has 0 spiro atoms. The van der Waals surface area contributed by atoms with Gasteiger partial charge in [0.05, 0.1) is 11.6 Å². The number of aliphatic hydroxyl groups is 1. The molecule has 1 heterocycles. The summed E-state index contributed by atoms with van der Waals surface area (Å²) in [7, 11) is 3.79. The topological polar surface area (TPSA) is 35.8 Å². The first-order valence-corrected chi connectivity index (χ1v) is 4.78. The summed E-state index contributed by atoms with van der Waals surface area (Å²) < 4.78 is 0. The highest BCUT2D eigenvalue weighted by Gasteiger charge is 2.32. The molecule has 5 heteroatoms. The van der Waals surface area contributed by atoms with E-state index in [9.17, 15) is 5.11 Å². The van der Waals surface area contributed by atoms with E-state index in [1.165, 1.54) is 11.8 Å². The minimum absolute atomic E-state index is 0.164. The van der Waals surface area contributed by atoms with Gasteiger partial charge in [-0.15, -0.1) is 11.6 Å². The molecular formula is C6H11ClN2OS. The lowest BCUT2D eigenvalue weighted by molar-refractivity contribution is 0.102. The van der Waals surface area contributed by atoms with Crippen LogP contribution in [0.15, 0.2) is 4.99 Å². The molecule has 3 nitrogen and oxygen atoms in total. The fourth-order valence-electron chi connectivity index (χ4n) is 0.720. The molecule has 0 radical (unpaired) electrons. The van der Waals surface area contributed by atoms with Crippen molar-refractivity contribution in [1.82, 2.24) is 4.90 Å². The first-order chi connectivity index (χ1) is 5.07. The zero-order valence-electron chi connectivity index (χ0n) is 6.54. The monoisotopic (exact) mass is 194 g/mol. The third kappa shape index (κ3) is 2.01. The lowest BCUT2D eigenvalue weighted by atomic mass is 10.3. The van der Waals surface area contributed by atoms with Gasteiger partial charge in [-0.05, 0) is 0 Å². The summed E-state index contributed by atoms with van der Waals surface area (Å²) in [6.07, 6.45) is 0. The quantitative estimate of drug-likeness (QED) is 0.621. The van der Waals surface area contributed by atoms with Crippen LogP contribution >= 0.6 is 23.4 Å². The highest BCUT2D eigenvalue weighted by molar-refractivity contribution is 8.14. The second kappa shape index (κ2) is 3.21. The average molecular weight is 195 g/mol. The highest BCUT2D eigenvalue weighted by atomic mass is 35.5. The van der Waals surface area contributed by atoms with Gasteiger partial charge in [-0.25, -0.2) is 4.99 Å². The predicted octanol–water partition coefficient (Wildman–Crippen LogP) is 0.578. The second-order valence-electron chi connectivity index (χ2n) is 2.69. The van der Waals surface area contributed by atoms with Crippen LogP contribution in [0.4, 0.5) is 0 Å². The lowest BCUT2D eigenvalue weighted by Crippen LogP contribution is -2.28. The second-order valence-corrected chi connectivity index (χ2v) is 3.90. The van der Waals surface area contributed by atoms with Gasteiger partial charge in [0, 0.05) is 14.1 Å². The molecule has 1 atom stereocenters. The summed E-state index contributed by atoms with van der Waals surface area (Å²) in [4.78, 5) is 5.94. The minimum atomic E-state index is -1.04. The molecule has 0 aromatic rings. The van der Waals surface area contributed by atoms with Crippen molar-refractivity contribution in [2.24, 2.45) is 4.99 Å². The molecule has 1 aliphatic heterocycles. The Morgan fingerprint density at radius 2 is 2.45 bits per heavy atom. The van der Waals surface area contributed by atoms with Gasteiger partial charge >= 0.3 is 0 Å². The Morgan fingerprint density at radius 1 is 1.82 bits per heavy atom. The molecule has 0 saturated heterocycles. The van der Waals surface area contributed by atoms with E-state index >= 15 is 0 Å². The summed E-state index contributed by atoms with van der Waals surface area (Å²) in [5.41, 5.74) is -1.04. The summed E-state index contributed by atoms with van der Waals surface area (Å²) in [6.45, 7) is 0. The molecule has 1 aliphatic rings. The molecule has 0 fully saturated rings. The molecular weight excluding hydrogens is 184 g/mol. The van der Waals surface area contributed by atoms with Crippen LogP contribution in [-0.4, -0.2) is 46.6 Å². The number of alkyl halides is 1. The van der Waals surface area contributed by atoms with Gasteiger partial charge in [0.25, 0.3) is 0 Å². The molecule has 0 aromatic carbocycles. The van der Waals surface area contributed by atoms with Crippen LogP contribution in [0.5, 0.6) is 0 Å². The number of aliphatic imine (C=N–C) groups is 1. The van der Waals surface area contributed by atoms with E-state index in [2.05, 4.69) is 4.99 Å². The fraction of sp³-hybridized carbons (Fsp3) is 0.833. The lowest BCUT2D eigenvalue weighted by Gasteiger charge is -2.13. The van der Waals surface area contributed by atoms with E-state index in [0.29, 0.717) is 5.75 Å². The van der Waals surface area contributed by atoms with Crippen LogP contribution in [-0.2, 0) is 0 Å². The standard InChI is InChI=1S/C6H11ClN2OS/c1-9(2)5-8-6(10,3-7)4-11-5/h10H,3-4H2,1-2H3. The van der Waals surface area contributed by atoms with Crippen molar-refractivity contribution in [2.45, 2.75) is 5.72 Å². The summed E-state index contributed by atoms with van der Waals surface area (Å²) in [5.74, 6) is 0.724. The van der Waals surface area contributed by atoms with Crippen molar-refractivity contribution < 1.29 is 5.11 Å². The number of hydrogen-bond donors (Lipinski definition) is 1. The molecule has 11 heavy (non-hydrogen) atoms. The minimum Gasteiger partial charge on any atom is -0.367 e. The normalized spacial score (nSPS) is 30.4. The summed E-state index contributed by atoms with van der Waals surface area (Å²) in [5, 5.41) is 10.4. The first-order valence-electron chi connectivity index (χ1n) is 3.26. The van der Waals surface area contributed by atoms with E-state index in [1.807, 2.05) is 19.0 Å². The molecule has 64 valence electrons. The fourth-order valence-corrected chi connectivity index (χ4v) is 2.01. The number of thioether (sulfide) groups is 1. The van der Waals surface area contributed by atoms with E-state index in [-0.39, 0.29) is 5.88 Å². The number of nitrogens with zero attached hydrogens (tertiary/aromatic N) is 2. The van der Waals surface area contributed by atoms with Gasteiger partial charge in [0.1, 0.15) is 0 Å². The van der Waals surface area contributed by atoms with Crippen molar-refractivity contribution in [2.75, 3.05) is 25.7 Å². The Labute approximate surface area is 75.4 Å². The molecule has 0 amide bonds. The highest BCUT2D eigenvalue weighted by Crippen LogP contribution is 2.27. The Morgan fingerprint density at radius 3 is 2.73 bits per heavy atom. The molecule has 0 aliphatic carbocycles. The van der Waals surface area contributed by atoms with E-state index < -0.39 is 5.72 Å². The Kier molecular flexibility index (Phi) is 2.67. The van der Waals surface area contributed by atoms with Crippen molar-refractivity contribution in [3.63, 3.8) is 0 Å². The van der Waals surface area contributed by atoms with Crippen LogP contribution in [0.1, 0.15) is 0 Å². The van der Waals surface area contributed by atoms with Gasteiger partial charge in [0.15, 0.2) is 10.9 Å². The largest absolute Gasteiger partial charge is 0.367 e. The van der Waals surface area contributed by atoms with Crippen LogP contribution < -0.4 is 0 Å². The van der Waals surface area contributed by atoms with Gasteiger partial charge < -0.3 is 10.0 Å². The first kappa shape index (κ1) is 9.16. The predicted molar refractivity (Wildman–Crippen MR) is 49.2 cm³/mol. The Bertz CT molecular complexity index is 185. The van der Waals surface area contributed by atoms with Crippen LogP contribution in [0.2, 0.25) is 0 Å². The molecule has 0 aromatic heterocycles. The average Bonchev–Trinajstić information content (AvgIpc) is 2.33. The molecule has 1 rings (SSSR count). The Balaban J connectivity index is 2.67. The zero-order chi connectivity index (χ0) is 8.48. The maximum absolute atomic E-state index is 9.55. The molecule has 0 saturated carbocycles. The van der Waals surface area contributed by atoms with Crippen molar-refractivity contribution >= 4 is 28.5 Å². The van der Waals surface area contributed by atoms with Crippen molar-refractivity contribution in [1.29, 1.82) is 0 Å². The number of rotatable bonds is 1. The van der Waals surface area contributed by atoms with Crippen LogP contribution in [0.25, 0.3) is 0 Å². The van der Waals surface area contributed by atoms with E-state index in [1.54, 1.807) is 0 Å². The van der Waals surface area contributed by atoms with E-state index in [0.717, 1.165) is 5.17 Å². The summed E-state index contributed by atoms with van der Waals surface area (Å²) in [6, 6.07) is 0. The SMILES string of the molecule is CN(C)C1=NC(O)(CCl)CS1. The van der Waals surface area contributed by atoms with Crippen molar-refractivity contribution in [3.05, 3.63) is 0 Å². The van der Waals surface area contributed by atoms with E-state index in [4.69, 9.17) is 11.6 Å². The number of amidine groups is 1. The van der Waals surface area contributed by atoms with Crippen LogP contribution in [0, 0.1) is 0 Å². The third-order valence-electron chi connectivity index (χ3n) is 1.33. The third-order valence-corrected chi connectivity index (χ3v) is 3.08. The Hall–Kier alpha value is 0.0700.